The Morgan fingerprint density at radius 3 is 2.27 bits per heavy atom. The van der Waals surface area contributed by atoms with E-state index in [2.05, 4.69) is 17.2 Å². The minimum Gasteiger partial charge on any atom is -0.352 e. The summed E-state index contributed by atoms with van der Waals surface area (Å²) in [4.78, 5) is 22.0. The van der Waals surface area contributed by atoms with Crippen LogP contribution < -0.4 is 10.6 Å². The van der Waals surface area contributed by atoms with Crippen LogP contribution in [0.2, 0.25) is 0 Å². The highest BCUT2D eigenvalue weighted by molar-refractivity contribution is 5.75. The zero-order valence-corrected chi connectivity index (χ0v) is 9.30. The molecule has 1 saturated carbocycles. The maximum absolute atomic E-state index is 11.0. The number of carbonyl (C=O) groups excluding carboxylic acids is 2. The fourth-order valence-corrected chi connectivity index (χ4v) is 1.96. The van der Waals surface area contributed by atoms with Crippen molar-refractivity contribution in [2.24, 2.45) is 0 Å². The fraction of sp³-hybridized carbons (Fsp3) is 0.636. The van der Waals surface area contributed by atoms with Gasteiger partial charge in [-0.15, -0.1) is 0 Å². The summed E-state index contributed by atoms with van der Waals surface area (Å²) >= 11 is 0. The number of amides is 2. The van der Waals surface area contributed by atoms with Gasteiger partial charge in [-0.05, 0) is 19.3 Å². The molecule has 2 atom stereocenters. The van der Waals surface area contributed by atoms with Crippen LogP contribution in [0.15, 0.2) is 12.2 Å². The van der Waals surface area contributed by atoms with E-state index in [1.54, 1.807) is 0 Å². The molecule has 0 aromatic rings. The first-order valence-electron chi connectivity index (χ1n) is 5.20. The molecule has 4 nitrogen and oxygen atoms in total. The number of rotatable bonds is 2. The molecular weight excluding hydrogens is 192 g/mol. The Balaban J connectivity index is 2.61. The Morgan fingerprint density at radius 2 is 1.73 bits per heavy atom. The maximum atomic E-state index is 11.0. The van der Waals surface area contributed by atoms with E-state index >= 15 is 0 Å². The second-order valence-corrected chi connectivity index (χ2v) is 4.11. The van der Waals surface area contributed by atoms with Crippen LogP contribution in [0.5, 0.6) is 0 Å². The van der Waals surface area contributed by atoms with E-state index in [0.717, 1.165) is 24.8 Å². The zero-order chi connectivity index (χ0) is 11.4. The lowest BCUT2D eigenvalue weighted by molar-refractivity contribution is -0.122. The predicted octanol–water partition coefficient (Wildman–Crippen LogP) is 0.736. The van der Waals surface area contributed by atoms with E-state index in [-0.39, 0.29) is 23.9 Å². The normalized spacial score (nSPS) is 25.9. The first-order chi connectivity index (χ1) is 6.99. The number of hydrogen-bond donors (Lipinski definition) is 2. The summed E-state index contributed by atoms with van der Waals surface area (Å²) in [6.45, 7) is 6.90. The monoisotopic (exact) mass is 210 g/mol. The smallest absolute Gasteiger partial charge is 0.217 e. The number of hydrogen-bond acceptors (Lipinski definition) is 2. The van der Waals surface area contributed by atoms with Crippen LogP contribution in [-0.4, -0.2) is 23.9 Å². The van der Waals surface area contributed by atoms with Crippen LogP contribution in [0.25, 0.3) is 0 Å². The van der Waals surface area contributed by atoms with Crippen molar-refractivity contribution in [1.29, 1.82) is 0 Å². The standard InChI is InChI=1S/C11H18N2O2/c1-7-4-5-10(12-8(2)14)11(6-7)13-9(3)15/h10-11H,1,4-6H2,2-3H3,(H,12,14)(H,13,15). The average molecular weight is 210 g/mol. The molecule has 0 heterocycles. The lowest BCUT2D eigenvalue weighted by Crippen LogP contribution is -2.52. The molecule has 15 heavy (non-hydrogen) atoms. The first kappa shape index (κ1) is 11.8. The predicted molar refractivity (Wildman–Crippen MR) is 58.2 cm³/mol. The average Bonchev–Trinajstić information content (AvgIpc) is 2.08. The van der Waals surface area contributed by atoms with Crippen LogP contribution in [0, 0.1) is 0 Å². The molecule has 1 aliphatic rings. The van der Waals surface area contributed by atoms with Crippen molar-refractivity contribution in [1.82, 2.24) is 10.6 Å². The Bertz CT molecular complexity index is 284. The second-order valence-electron chi connectivity index (χ2n) is 4.11. The molecule has 0 spiro atoms. The summed E-state index contributed by atoms with van der Waals surface area (Å²) in [5.74, 6) is -0.118. The third-order valence-corrected chi connectivity index (χ3v) is 2.58. The Hall–Kier alpha value is -1.32. The van der Waals surface area contributed by atoms with Crippen LogP contribution in [0.4, 0.5) is 0 Å². The van der Waals surface area contributed by atoms with Crippen molar-refractivity contribution in [3.63, 3.8) is 0 Å². The first-order valence-corrected chi connectivity index (χ1v) is 5.20. The molecule has 1 rings (SSSR count). The summed E-state index contributed by atoms with van der Waals surface area (Å²) in [7, 11) is 0. The number of carbonyl (C=O) groups is 2. The summed E-state index contributed by atoms with van der Waals surface area (Å²) in [6, 6.07) is 0.0320. The van der Waals surface area contributed by atoms with Gasteiger partial charge < -0.3 is 10.6 Å². The Kier molecular flexibility index (Phi) is 3.88. The molecule has 4 heteroatoms. The molecule has 0 aromatic heterocycles. The van der Waals surface area contributed by atoms with Crippen molar-refractivity contribution < 1.29 is 9.59 Å². The highest BCUT2D eigenvalue weighted by atomic mass is 16.2. The zero-order valence-electron chi connectivity index (χ0n) is 9.30. The quantitative estimate of drug-likeness (QED) is 0.660. The molecule has 2 N–H and O–H groups in total. The van der Waals surface area contributed by atoms with Crippen LogP contribution in [0.1, 0.15) is 33.1 Å². The largest absolute Gasteiger partial charge is 0.352 e. The lowest BCUT2D eigenvalue weighted by Gasteiger charge is -2.33. The maximum Gasteiger partial charge on any atom is 0.217 e. The summed E-state index contributed by atoms with van der Waals surface area (Å²) in [5, 5.41) is 5.72. The SMILES string of the molecule is C=C1CCC(NC(C)=O)C(NC(C)=O)C1. The minimum atomic E-state index is -0.0648. The Morgan fingerprint density at radius 1 is 1.20 bits per heavy atom. The fourth-order valence-electron chi connectivity index (χ4n) is 1.96. The summed E-state index contributed by atoms with van der Waals surface area (Å²) < 4.78 is 0. The van der Waals surface area contributed by atoms with Crippen LogP contribution >= 0.6 is 0 Å². The van der Waals surface area contributed by atoms with Crippen LogP contribution in [-0.2, 0) is 9.59 Å². The molecule has 0 bridgehead atoms. The van der Waals surface area contributed by atoms with Gasteiger partial charge in [0.05, 0.1) is 6.04 Å². The molecule has 84 valence electrons. The molecular formula is C11H18N2O2. The van der Waals surface area contributed by atoms with E-state index in [4.69, 9.17) is 0 Å². The van der Waals surface area contributed by atoms with Crippen molar-refractivity contribution in [3.05, 3.63) is 12.2 Å². The van der Waals surface area contributed by atoms with Gasteiger partial charge in [-0.2, -0.15) is 0 Å². The molecule has 2 amide bonds. The number of nitrogens with one attached hydrogen (secondary N) is 2. The van der Waals surface area contributed by atoms with E-state index in [1.165, 1.54) is 13.8 Å². The highest BCUT2D eigenvalue weighted by Crippen LogP contribution is 2.22. The van der Waals surface area contributed by atoms with E-state index in [1.807, 2.05) is 0 Å². The minimum absolute atomic E-state index is 0.00681. The van der Waals surface area contributed by atoms with Gasteiger partial charge in [0.1, 0.15) is 0 Å². The molecule has 0 radical (unpaired) electrons. The van der Waals surface area contributed by atoms with Gasteiger partial charge in [0.2, 0.25) is 11.8 Å². The third-order valence-electron chi connectivity index (χ3n) is 2.58. The molecule has 2 unspecified atom stereocenters. The molecule has 0 aromatic carbocycles. The van der Waals surface area contributed by atoms with Crippen molar-refractivity contribution >= 4 is 11.8 Å². The molecule has 0 aliphatic heterocycles. The van der Waals surface area contributed by atoms with Gasteiger partial charge in [-0.1, -0.05) is 12.2 Å². The van der Waals surface area contributed by atoms with Gasteiger partial charge in [0.15, 0.2) is 0 Å². The van der Waals surface area contributed by atoms with Crippen molar-refractivity contribution in [2.75, 3.05) is 0 Å². The van der Waals surface area contributed by atoms with Crippen LogP contribution in [0.3, 0.4) is 0 Å². The molecule has 0 saturated heterocycles. The van der Waals surface area contributed by atoms with E-state index < -0.39 is 0 Å². The van der Waals surface area contributed by atoms with Gasteiger partial charge in [-0.3, -0.25) is 9.59 Å². The highest BCUT2D eigenvalue weighted by Gasteiger charge is 2.27. The second kappa shape index (κ2) is 4.96. The van der Waals surface area contributed by atoms with E-state index in [9.17, 15) is 9.59 Å². The van der Waals surface area contributed by atoms with Gasteiger partial charge in [-0.25, -0.2) is 0 Å². The third kappa shape index (κ3) is 3.73. The van der Waals surface area contributed by atoms with Gasteiger partial charge >= 0.3 is 0 Å². The van der Waals surface area contributed by atoms with Gasteiger partial charge in [0, 0.05) is 19.9 Å². The molecule has 1 fully saturated rings. The van der Waals surface area contributed by atoms with Crippen molar-refractivity contribution in [3.8, 4) is 0 Å². The summed E-state index contributed by atoms with van der Waals surface area (Å²) in [5.41, 5.74) is 1.13. The summed E-state index contributed by atoms with van der Waals surface area (Å²) in [6.07, 6.45) is 2.52. The molecule has 1 aliphatic carbocycles. The topological polar surface area (TPSA) is 58.2 Å². The Labute approximate surface area is 90.1 Å². The van der Waals surface area contributed by atoms with Crippen molar-refractivity contribution in [2.45, 2.75) is 45.2 Å². The van der Waals surface area contributed by atoms with Gasteiger partial charge in [0.25, 0.3) is 0 Å². The van der Waals surface area contributed by atoms with E-state index in [0.29, 0.717) is 0 Å². The lowest BCUT2D eigenvalue weighted by atomic mass is 9.87.